The quantitative estimate of drug-likeness (QED) is 0.938. The highest BCUT2D eigenvalue weighted by Gasteiger charge is 2.27. The van der Waals surface area contributed by atoms with Crippen LogP contribution in [-0.4, -0.2) is 28.6 Å². The molecule has 108 valence electrons. The fourth-order valence-corrected chi connectivity index (χ4v) is 2.41. The zero-order valence-electron chi connectivity index (χ0n) is 11.6. The minimum atomic E-state index is -0.529. The topological polar surface area (TPSA) is 49.8 Å². The van der Waals surface area contributed by atoms with Crippen molar-refractivity contribution in [3.8, 4) is 11.5 Å². The third-order valence-electron chi connectivity index (χ3n) is 3.47. The van der Waals surface area contributed by atoms with Crippen LogP contribution >= 0.6 is 0 Å². The number of aliphatic hydroxyl groups is 1. The van der Waals surface area contributed by atoms with Crippen molar-refractivity contribution in [1.29, 1.82) is 0 Å². The number of benzene rings is 2. The maximum absolute atomic E-state index is 11.6. The van der Waals surface area contributed by atoms with Crippen molar-refractivity contribution in [2.24, 2.45) is 0 Å². The van der Waals surface area contributed by atoms with Crippen LogP contribution in [0.25, 0.3) is 0 Å². The minimum Gasteiger partial charge on any atom is -0.457 e. The number of ether oxygens (including phenoxy) is 1. The highest BCUT2D eigenvalue weighted by atomic mass is 16.5. The van der Waals surface area contributed by atoms with E-state index in [1.165, 1.54) is 0 Å². The van der Waals surface area contributed by atoms with E-state index in [0.29, 0.717) is 13.1 Å². The Morgan fingerprint density at radius 2 is 1.71 bits per heavy atom. The standard InChI is InChI=1S/C17H17NO3/c19-14-10-17(20)18(12-14)11-13-6-8-16(9-7-13)21-15-4-2-1-3-5-15/h1-9,14,19H,10-12H2/t14-/m0/s1. The minimum absolute atomic E-state index is 0.00659. The molecule has 1 amide bonds. The Kier molecular flexibility index (Phi) is 3.88. The summed E-state index contributed by atoms with van der Waals surface area (Å²) in [6.07, 6.45) is -0.298. The van der Waals surface area contributed by atoms with E-state index >= 15 is 0 Å². The molecule has 1 saturated heterocycles. The maximum atomic E-state index is 11.6. The molecule has 0 aliphatic carbocycles. The smallest absolute Gasteiger partial charge is 0.225 e. The van der Waals surface area contributed by atoms with Crippen LogP contribution in [0.4, 0.5) is 0 Å². The maximum Gasteiger partial charge on any atom is 0.225 e. The number of amides is 1. The van der Waals surface area contributed by atoms with Gasteiger partial charge in [-0.05, 0) is 29.8 Å². The first-order chi connectivity index (χ1) is 10.2. The highest BCUT2D eigenvalue weighted by Crippen LogP contribution is 2.22. The molecule has 0 radical (unpaired) electrons. The third-order valence-corrected chi connectivity index (χ3v) is 3.47. The number of hydrogen-bond acceptors (Lipinski definition) is 3. The number of aliphatic hydroxyl groups excluding tert-OH is 1. The fourth-order valence-electron chi connectivity index (χ4n) is 2.41. The van der Waals surface area contributed by atoms with E-state index in [0.717, 1.165) is 17.1 Å². The van der Waals surface area contributed by atoms with E-state index in [4.69, 9.17) is 4.74 Å². The number of para-hydroxylation sites is 1. The van der Waals surface area contributed by atoms with E-state index in [9.17, 15) is 9.90 Å². The Balaban J connectivity index is 1.63. The lowest BCUT2D eigenvalue weighted by Gasteiger charge is -2.16. The van der Waals surface area contributed by atoms with Crippen LogP contribution in [0.5, 0.6) is 11.5 Å². The van der Waals surface area contributed by atoms with Gasteiger partial charge in [0.05, 0.1) is 12.5 Å². The number of nitrogens with zero attached hydrogens (tertiary/aromatic N) is 1. The number of likely N-dealkylation sites (tertiary alicyclic amines) is 1. The van der Waals surface area contributed by atoms with Gasteiger partial charge in [0.2, 0.25) is 5.91 Å². The SMILES string of the molecule is O=C1C[C@H](O)CN1Cc1ccc(Oc2ccccc2)cc1. The summed E-state index contributed by atoms with van der Waals surface area (Å²) in [5.74, 6) is 1.56. The lowest BCUT2D eigenvalue weighted by atomic mass is 10.2. The second-order valence-corrected chi connectivity index (χ2v) is 5.19. The molecule has 4 heteroatoms. The van der Waals surface area contributed by atoms with Crippen LogP contribution in [0.2, 0.25) is 0 Å². The van der Waals surface area contributed by atoms with Gasteiger partial charge in [-0.2, -0.15) is 0 Å². The Labute approximate surface area is 123 Å². The molecule has 4 nitrogen and oxygen atoms in total. The number of hydrogen-bond donors (Lipinski definition) is 1. The average Bonchev–Trinajstić information content (AvgIpc) is 2.80. The Morgan fingerprint density at radius 1 is 1.05 bits per heavy atom. The normalized spacial score (nSPS) is 18.0. The molecule has 1 heterocycles. The lowest BCUT2D eigenvalue weighted by molar-refractivity contribution is -0.128. The van der Waals surface area contributed by atoms with Gasteiger partial charge in [0.15, 0.2) is 0 Å². The molecule has 2 aromatic rings. The number of β-amino-alcohol motifs (C(OH)–C–C–N with tert-alkyl or cyclic N) is 1. The summed E-state index contributed by atoms with van der Waals surface area (Å²) in [6.45, 7) is 0.947. The molecule has 1 N–H and O–H groups in total. The Bertz CT molecular complexity index is 610. The molecule has 1 fully saturated rings. The predicted octanol–water partition coefficient (Wildman–Crippen LogP) is 2.57. The molecule has 0 aromatic heterocycles. The summed E-state index contributed by atoms with van der Waals surface area (Å²) in [6, 6.07) is 17.3. The van der Waals surface area contributed by atoms with Crippen LogP contribution in [0, 0.1) is 0 Å². The summed E-state index contributed by atoms with van der Waals surface area (Å²) >= 11 is 0. The van der Waals surface area contributed by atoms with Crippen molar-refractivity contribution >= 4 is 5.91 Å². The van der Waals surface area contributed by atoms with Gasteiger partial charge in [0.25, 0.3) is 0 Å². The summed E-state index contributed by atoms with van der Waals surface area (Å²) in [4.78, 5) is 13.3. The second-order valence-electron chi connectivity index (χ2n) is 5.19. The Morgan fingerprint density at radius 3 is 2.33 bits per heavy atom. The van der Waals surface area contributed by atoms with Gasteiger partial charge in [0.1, 0.15) is 11.5 Å². The number of carbonyl (C=O) groups excluding carboxylic acids is 1. The molecule has 1 aliphatic rings. The molecule has 0 unspecified atom stereocenters. The van der Waals surface area contributed by atoms with Gasteiger partial charge in [-0.25, -0.2) is 0 Å². The van der Waals surface area contributed by atoms with Gasteiger partial charge in [-0.3, -0.25) is 4.79 Å². The Hall–Kier alpha value is -2.33. The van der Waals surface area contributed by atoms with E-state index in [1.807, 2.05) is 54.6 Å². The zero-order chi connectivity index (χ0) is 14.7. The highest BCUT2D eigenvalue weighted by molar-refractivity contribution is 5.79. The lowest BCUT2D eigenvalue weighted by Crippen LogP contribution is -2.25. The van der Waals surface area contributed by atoms with Crippen LogP contribution < -0.4 is 4.74 Å². The molecule has 3 rings (SSSR count). The van der Waals surface area contributed by atoms with Crippen molar-refractivity contribution in [3.63, 3.8) is 0 Å². The molecule has 21 heavy (non-hydrogen) atoms. The van der Waals surface area contributed by atoms with Crippen molar-refractivity contribution in [2.45, 2.75) is 19.1 Å². The molecular weight excluding hydrogens is 266 g/mol. The van der Waals surface area contributed by atoms with Gasteiger partial charge >= 0.3 is 0 Å². The number of carbonyl (C=O) groups is 1. The fraction of sp³-hybridized carbons (Fsp3) is 0.235. The predicted molar refractivity (Wildman–Crippen MR) is 79.0 cm³/mol. The van der Waals surface area contributed by atoms with Gasteiger partial charge < -0.3 is 14.7 Å². The average molecular weight is 283 g/mol. The third kappa shape index (κ3) is 3.41. The molecule has 0 bridgehead atoms. The van der Waals surface area contributed by atoms with Gasteiger partial charge in [-0.1, -0.05) is 30.3 Å². The van der Waals surface area contributed by atoms with Gasteiger partial charge in [-0.15, -0.1) is 0 Å². The van der Waals surface area contributed by atoms with E-state index in [2.05, 4.69) is 0 Å². The first kappa shape index (κ1) is 13.6. The first-order valence-electron chi connectivity index (χ1n) is 6.98. The summed E-state index contributed by atoms with van der Waals surface area (Å²) in [7, 11) is 0. The largest absolute Gasteiger partial charge is 0.457 e. The van der Waals surface area contributed by atoms with Gasteiger partial charge in [0, 0.05) is 13.1 Å². The summed E-state index contributed by atoms with van der Waals surface area (Å²) < 4.78 is 5.72. The van der Waals surface area contributed by atoms with E-state index < -0.39 is 6.10 Å². The molecule has 0 spiro atoms. The van der Waals surface area contributed by atoms with E-state index in [1.54, 1.807) is 4.90 Å². The molecular formula is C17H17NO3. The first-order valence-corrected chi connectivity index (χ1v) is 6.98. The van der Waals surface area contributed by atoms with Crippen LogP contribution in [0.1, 0.15) is 12.0 Å². The van der Waals surface area contributed by atoms with Crippen molar-refractivity contribution in [1.82, 2.24) is 4.90 Å². The molecule has 1 atom stereocenters. The molecule has 1 aliphatic heterocycles. The van der Waals surface area contributed by atoms with Crippen LogP contribution in [0.3, 0.4) is 0 Å². The van der Waals surface area contributed by atoms with Crippen molar-refractivity contribution in [3.05, 3.63) is 60.2 Å². The van der Waals surface area contributed by atoms with Crippen molar-refractivity contribution in [2.75, 3.05) is 6.54 Å². The van der Waals surface area contributed by atoms with E-state index in [-0.39, 0.29) is 12.3 Å². The summed E-state index contributed by atoms with van der Waals surface area (Å²) in [5.41, 5.74) is 1.03. The molecule has 2 aromatic carbocycles. The van der Waals surface area contributed by atoms with Crippen molar-refractivity contribution < 1.29 is 14.6 Å². The summed E-state index contributed by atoms with van der Waals surface area (Å²) in [5, 5.41) is 9.47. The zero-order valence-corrected chi connectivity index (χ0v) is 11.6. The second kappa shape index (κ2) is 5.97. The van der Waals surface area contributed by atoms with Crippen LogP contribution in [-0.2, 0) is 11.3 Å². The number of rotatable bonds is 4. The van der Waals surface area contributed by atoms with Crippen LogP contribution in [0.15, 0.2) is 54.6 Å². The molecule has 0 saturated carbocycles. The monoisotopic (exact) mass is 283 g/mol.